The summed E-state index contributed by atoms with van der Waals surface area (Å²) in [5.41, 5.74) is -0.524. The standard InChI is InChI=1S/C11H17N3O3S/c1-7-13-14-10(18-7)12-8(15)5-6-9(16)17-11(2,3)4/h5-6H2,1-4H3,(H,12,14,15). The van der Waals surface area contributed by atoms with Gasteiger partial charge in [-0.15, -0.1) is 10.2 Å². The second kappa shape index (κ2) is 5.90. The Morgan fingerprint density at radius 3 is 2.44 bits per heavy atom. The molecule has 1 aromatic heterocycles. The van der Waals surface area contributed by atoms with Crippen LogP contribution in [0.1, 0.15) is 38.6 Å². The summed E-state index contributed by atoms with van der Waals surface area (Å²) >= 11 is 1.29. The molecule has 6 nitrogen and oxygen atoms in total. The molecule has 0 spiro atoms. The Hall–Kier alpha value is -1.50. The highest BCUT2D eigenvalue weighted by Crippen LogP contribution is 2.14. The number of carbonyl (C=O) groups excluding carboxylic acids is 2. The number of nitrogens with one attached hydrogen (secondary N) is 1. The van der Waals surface area contributed by atoms with Crippen molar-refractivity contribution < 1.29 is 14.3 Å². The zero-order chi connectivity index (χ0) is 13.8. The lowest BCUT2D eigenvalue weighted by Crippen LogP contribution is -2.24. The maximum absolute atomic E-state index is 11.5. The van der Waals surface area contributed by atoms with E-state index in [0.717, 1.165) is 5.01 Å². The molecule has 1 aromatic rings. The van der Waals surface area contributed by atoms with Gasteiger partial charge in [-0.25, -0.2) is 0 Å². The molecule has 1 N–H and O–H groups in total. The minimum Gasteiger partial charge on any atom is -0.460 e. The molecule has 0 aliphatic carbocycles. The summed E-state index contributed by atoms with van der Waals surface area (Å²) in [4.78, 5) is 22.9. The molecule has 1 amide bonds. The van der Waals surface area contributed by atoms with Crippen LogP contribution in [0, 0.1) is 6.92 Å². The van der Waals surface area contributed by atoms with Crippen molar-refractivity contribution in [3.05, 3.63) is 5.01 Å². The second-order valence-corrected chi connectivity index (χ2v) is 5.94. The third-order valence-corrected chi connectivity index (χ3v) is 2.50. The molecule has 0 aliphatic rings. The number of anilines is 1. The summed E-state index contributed by atoms with van der Waals surface area (Å²) in [6.45, 7) is 7.16. The van der Waals surface area contributed by atoms with Gasteiger partial charge >= 0.3 is 5.97 Å². The van der Waals surface area contributed by atoms with Crippen molar-refractivity contribution in [2.24, 2.45) is 0 Å². The highest BCUT2D eigenvalue weighted by atomic mass is 32.1. The van der Waals surface area contributed by atoms with Crippen LogP contribution in [-0.4, -0.2) is 27.7 Å². The molecular formula is C11H17N3O3S. The molecule has 0 radical (unpaired) electrons. The van der Waals surface area contributed by atoms with Gasteiger partial charge in [0.15, 0.2) is 0 Å². The van der Waals surface area contributed by atoms with Crippen LogP contribution in [0.5, 0.6) is 0 Å². The predicted octanol–water partition coefficient (Wildman–Crippen LogP) is 1.91. The van der Waals surface area contributed by atoms with Gasteiger partial charge in [0.1, 0.15) is 10.6 Å². The Morgan fingerprint density at radius 1 is 1.28 bits per heavy atom. The molecule has 1 heterocycles. The van der Waals surface area contributed by atoms with Gasteiger partial charge in [0.2, 0.25) is 11.0 Å². The molecule has 0 fully saturated rings. The first-order chi connectivity index (χ1) is 8.26. The Bertz CT molecular complexity index is 437. The van der Waals surface area contributed by atoms with Crippen LogP contribution in [0.25, 0.3) is 0 Å². The molecule has 1 rings (SSSR count). The SMILES string of the molecule is Cc1nnc(NC(=O)CCC(=O)OC(C)(C)C)s1. The third kappa shape index (κ3) is 5.72. The molecule has 0 saturated carbocycles. The second-order valence-electron chi connectivity index (χ2n) is 4.76. The summed E-state index contributed by atoms with van der Waals surface area (Å²) < 4.78 is 5.10. The van der Waals surface area contributed by atoms with Gasteiger partial charge in [-0.3, -0.25) is 9.59 Å². The Kier molecular flexibility index (Phi) is 4.77. The number of amides is 1. The summed E-state index contributed by atoms with van der Waals surface area (Å²) in [7, 11) is 0. The number of hydrogen-bond donors (Lipinski definition) is 1. The number of aryl methyl sites for hydroxylation is 1. The van der Waals surface area contributed by atoms with Crippen LogP contribution in [-0.2, 0) is 14.3 Å². The molecular weight excluding hydrogens is 254 g/mol. The van der Waals surface area contributed by atoms with Gasteiger partial charge in [0, 0.05) is 6.42 Å². The molecule has 0 bridgehead atoms. The van der Waals surface area contributed by atoms with Gasteiger partial charge in [-0.2, -0.15) is 0 Å². The van der Waals surface area contributed by atoms with Crippen molar-refractivity contribution in [2.75, 3.05) is 5.32 Å². The van der Waals surface area contributed by atoms with Crippen LogP contribution in [0.4, 0.5) is 5.13 Å². The van der Waals surface area contributed by atoms with E-state index in [-0.39, 0.29) is 24.7 Å². The summed E-state index contributed by atoms with van der Waals surface area (Å²) in [5.74, 6) is -0.650. The topological polar surface area (TPSA) is 81.2 Å². The summed E-state index contributed by atoms with van der Waals surface area (Å²) in [6, 6.07) is 0. The first-order valence-corrected chi connectivity index (χ1v) is 6.40. The van der Waals surface area contributed by atoms with E-state index in [0.29, 0.717) is 5.13 Å². The van der Waals surface area contributed by atoms with Gasteiger partial charge in [-0.05, 0) is 27.7 Å². The monoisotopic (exact) mass is 271 g/mol. The number of carbonyl (C=O) groups is 2. The van der Waals surface area contributed by atoms with E-state index < -0.39 is 5.60 Å². The zero-order valence-corrected chi connectivity index (χ0v) is 11.8. The number of nitrogens with zero attached hydrogens (tertiary/aromatic N) is 2. The fourth-order valence-corrected chi connectivity index (χ4v) is 1.74. The van der Waals surface area contributed by atoms with Gasteiger partial charge in [0.25, 0.3) is 0 Å². The van der Waals surface area contributed by atoms with Crippen molar-refractivity contribution >= 4 is 28.3 Å². The molecule has 0 atom stereocenters. The van der Waals surface area contributed by atoms with E-state index in [1.807, 2.05) is 0 Å². The first kappa shape index (κ1) is 14.6. The van der Waals surface area contributed by atoms with E-state index in [9.17, 15) is 9.59 Å². The Balaban J connectivity index is 2.31. The van der Waals surface area contributed by atoms with E-state index in [1.54, 1.807) is 27.7 Å². The molecule has 0 saturated heterocycles. The van der Waals surface area contributed by atoms with Crippen LogP contribution >= 0.6 is 11.3 Å². The van der Waals surface area contributed by atoms with E-state index in [4.69, 9.17) is 4.74 Å². The minimum absolute atomic E-state index is 0.0564. The number of ether oxygens (including phenoxy) is 1. The highest BCUT2D eigenvalue weighted by Gasteiger charge is 2.17. The minimum atomic E-state index is -0.524. The largest absolute Gasteiger partial charge is 0.460 e. The molecule has 18 heavy (non-hydrogen) atoms. The number of hydrogen-bond acceptors (Lipinski definition) is 6. The lowest BCUT2D eigenvalue weighted by molar-refractivity contribution is -0.155. The van der Waals surface area contributed by atoms with Crippen molar-refractivity contribution in [1.29, 1.82) is 0 Å². The number of esters is 1. The first-order valence-electron chi connectivity index (χ1n) is 5.58. The van der Waals surface area contributed by atoms with E-state index in [2.05, 4.69) is 15.5 Å². The van der Waals surface area contributed by atoms with E-state index >= 15 is 0 Å². The van der Waals surface area contributed by atoms with Crippen LogP contribution in [0.15, 0.2) is 0 Å². The van der Waals surface area contributed by atoms with Crippen LogP contribution < -0.4 is 5.32 Å². The fraction of sp³-hybridized carbons (Fsp3) is 0.636. The van der Waals surface area contributed by atoms with Gasteiger partial charge < -0.3 is 10.1 Å². The highest BCUT2D eigenvalue weighted by molar-refractivity contribution is 7.15. The quantitative estimate of drug-likeness (QED) is 0.846. The van der Waals surface area contributed by atoms with Crippen molar-refractivity contribution in [3.63, 3.8) is 0 Å². The number of rotatable bonds is 4. The maximum Gasteiger partial charge on any atom is 0.306 e. The van der Waals surface area contributed by atoms with Crippen molar-refractivity contribution in [3.8, 4) is 0 Å². The Labute approximate surface area is 110 Å². The average molecular weight is 271 g/mol. The lowest BCUT2D eigenvalue weighted by Gasteiger charge is -2.19. The van der Waals surface area contributed by atoms with Crippen molar-refractivity contribution in [2.45, 2.75) is 46.1 Å². The van der Waals surface area contributed by atoms with Gasteiger partial charge in [0.05, 0.1) is 6.42 Å². The normalized spacial score (nSPS) is 11.1. The zero-order valence-electron chi connectivity index (χ0n) is 10.9. The summed E-state index contributed by atoms with van der Waals surface area (Å²) in [6.07, 6.45) is 0.133. The number of aromatic nitrogens is 2. The lowest BCUT2D eigenvalue weighted by atomic mass is 10.2. The molecule has 100 valence electrons. The fourth-order valence-electron chi connectivity index (χ4n) is 1.14. The smallest absolute Gasteiger partial charge is 0.306 e. The predicted molar refractivity (Wildman–Crippen MR) is 68.4 cm³/mol. The van der Waals surface area contributed by atoms with Crippen LogP contribution in [0.3, 0.4) is 0 Å². The van der Waals surface area contributed by atoms with Crippen LogP contribution in [0.2, 0.25) is 0 Å². The molecule has 7 heteroatoms. The van der Waals surface area contributed by atoms with Crippen molar-refractivity contribution in [1.82, 2.24) is 10.2 Å². The average Bonchev–Trinajstić information content (AvgIpc) is 2.58. The molecule has 0 aromatic carbocycles. The van der Waals surface area contributed by atoms with E-state index in [1.165, 1.54) is 11.3 Å². The third-order valence-electron chi connectivity index (χ3n) is 1.75. The molecule has 0 unspecified atom stereocenters. The Morgan fingerprint density at radius 2 is 1.94 bits per heavy atom. The van der Waals surface area contributed by atoms with Gasteiger partial charge in [-0.1, -0.05) is 11.3 Å². The summed E-state index contributed by atoms with van der Waals surface area (Å²) in [5, 5.41) is 11.3. The molecule has 0 aliphatic heterocycles. The maximum atomic E-state index is 11.5.